The number of methoxy groups -OCH3 is 1. The van der Waals surface area contributed by atoms with Crippen LogP contribution < -0.4 is 15.4 Å². The Morgan fingerprint density at radius 1 is 1.25 bits per heavy atom. The Kier molecular flexibility index (Phi) is 9.54. The average Bonchev–Trinajstić information content (AvgIpc) is 2.65. The molecular weight excluding hydrogens is 401 g/mol. The second-order valence-corrected chi connectivity index (χ2v) is 6.39. The number of carbonyl (C=O) groups is 2. The van der Waals surface area contributed by atoms with Crippen molar-refractivity contribution in [1.82, 2.24) is 5.32 Å². The van der Waals surface area contributed by atoms with Gasteiger partial charge in [0.05, 0.1) is 18.4 Å². The Morgan fingerprint density at radius 3 is 2.54 bits per heavy atom. The lowest BCUT2D eigenvalue weighted by atomic mass is 9.93. The molecule has 0 aromatic heterocycles. The number of anilines is 1. The van der Waals surface area contributed by atoms with E-state index in [1.54, 1.807) is 0 Å². The number of carbonyl (C=O) groups excluding carboxylic acids is 2. The minimum Gasteiger partial charge on any atom is -0.482 e. The van der Waals surface area contributed by atoms with Gasteiger partial charge in [0.25, 0.3) is 0 Å². The van der Waals surface area contributed by atoms with E-state index in [4.69, 9.17) is 4.74 Å². The summed E-state index contributed by atoms with van der Waals surface area (Å²) in [4.78, 5) is 23.8. The third kappa shape index (κ3) is 7.93. The summed E-state index contributed by atoms with van der Waals surface area (Å²) >= 11 is 0. The van der Waals surface area contributed by atoms with E-state index in [0.717, 1.165) is 39.1 Å². The van der Waals surface area contributed by atoms with E-state index < -0.39 is 18.8 Å². The predicted molar refractivity (Wildman–Crippen MR) is 100 cm³/mol. The number of halogens is 4. The highest BCUT2D eigenvalue weighted by atomic mass is 35.5. The molecule has 0 aliphatic carbocycles. The number of nitrogens with one attached hydrogen (secondary N) is 2. The molecule has 1 fully saturated rings. The number of esters is 1. The smallest absolute Gasteiger partial charge is 0.422 e. The summed E-state index contributed by atoms with van der Waals surface area (Å²) in [5.74, 6) is -0.794. The Morgan fingerprint density at radius 2 is 1.93 bits per heavy atom. The van der Waals surface area contributed by atoms with Crippen LogP contribution in [-0.4, -0.2) is 44.9 Å². The standard InChI is InChI=1S/C18H23F3N2O4.ClH/c1-26-17(25)13-3-4-14(15(10-13)27-11-18(19,20)21)23-16(24)5-2-12-6-8-22-9-7-12;/h3-4,10,12,22H,2,5-9,11H2,1H3,(H,23,24);1H. The summed E-state index contributed by atoms with van der Waals surface area (Å²) in [5.41, 5.74) is 0.115. The number of amides is 1. The monoisotopic (exact) mass is 424 g/mol. The van der Waals surface area contributed by atoms with Gasteiger partial charge in [0, 0.05) is 6.42 Å². The van der Waals surface area contributed by atoms with Gasteiger partial charge in [-0.1, -0.05) is 0 Å². The second kappa shape index (κ2) is 11.1. The highest BCUT2D eigenvalue weighted by Crippen LogP contribution is 2.29. The molecule has 1 aromatic carbocycles. The van der Waals surface area contributed by atoms with Crippen LogP contribution in [0.25, 0.3) is 0 Å². The van der Waals surface area contributed by atoms with Crippen LogP contribution in [0, 0.1) is 5.92 Å². The highest BCUT2D eigenvalue weighted by molar-refractivity contribution is 5.95. The topological polar surface area (TPSA) is 76.7 Å². The Hall–Kier alpha value is -2.00. The van der Waals surface area contributed by atoms with E-state index in [-0.39, 0.29) is 41.7 Å². The van der Waals surface area contributed by atoms with Crippen molar-refractivity contribution in [2.45, 2.75) is 31.9 Å². The summed E-state index contributed by atoms with van der Waals surface area (Å²) in [6, 6.07) is 3.81. The van der Waals surface area contributed by atoms with E-state index >= 15 is 0 Å². The van der Waals surface area contributed by atoms with Crippen LogP contribution in [0.1, 0.15) is 36.0 Å². The van der Waals surface area contributed by atoms with Crippen molar-refractivity contribution in [3.8, 4) is 5.75 Å². The van der Waals surface area contributed by atoms with Crippen LogP contribution in [0.15, 0.2) is 18.2 Å². The van der Waals surface area contributed by atoms with Crippen LogP contribution in [0.2, 0.25) is 0 Å². The van der Waals surface area contributed by atoms with Crippen LogP contribution in [-0.2, 0) is 9.53 Å². The van der Waals surface area contributed by atoms with Gasteiger partial charge in [0.1, 0.15) is 5.75 Å². The highest BCUT2D eigenvalue weighted by Gasteiger charge is 2.29. The zero-order valence-corrected chi connectivity index (χ0v) is 16.3. The molecule has 6 nitrogen and oxygen atoms in total. The van der Waals surface area contributed by atoms with Gasteiger partial charge in [0.15, 0.2) is 6.61 Å². The van der Waals surface area contributed by atoms with Gasteiger partial charge in [-0.3, -0.25) is 4.79 Å². The van der Waals surface area contributed by atoms with Crippen LogP contribution in [0.5, 0.6) is 5.75 Å². The SMILES string of the molecule is COC(=O)c1ccc(NC(=O)CCC2CCNCC2)c(OCC(F)(F)F)c1.Cl. The first kappa shape index (κ1) is 24.0. The van der Waals surface area contributed by atoms with Gasteiger partial charge >= 0.3 is 12.1 Å². The molecule has 10 heteroatoms. The summed E-state index contributed by atoms with van der Waals surface area (Å²) < 4.78 is 46.8. The molecule has 1 amide bonds. The molecule has 0 unspecified atom stereocenters. The van der Waals surface area contributed by atoms with Crippen molar-refractivity contribution in [2.75, 3.05) is 32.1 Å². The number of ether oxygens (including phenoxy) is 2. The van der Waals surface area contributed by atoms with Crippen molar-refractivity contribution in [2.24, 2.45) is 5.92 Å². The number of hydrogen-bond donors (Lipinski definition) is 2. The molecule has 158 valence electrons. The lowest BCUT2D eigenvalue weighted by molar-refractivity contribution is -0.153. The first-order chi connectivity index (χ1) is 12.8. The average molecular weight is 425 g/mol. The van der Waals surface area contributed by atoms with Gasteiger partial charge in [0.2, 0.25) is 5.91 Å². The molecule has 2 rings (SSSR count). The van der Waals surface area contributed by atoms with Crippen LogP contribution in [0.4, 0.5) is 18.9 Å². The van der Waals surface area contributed by atoms with E-state index in [1.807, 2.05) is 0 Å². The Balaban J connectivity index is 0.00000392. The zero-order valence-electron chi connectivity index (χ0n) is 15.4. The summed E-state index contributed by atoms with van der Waals surface area (Å²) in [7, 11) is 1.16. The lowest BCUT2D eigenvalue weighted by Crippen LogP contribution is -2.28. The molecule has 0 bridgehead atoms. The van der Waals surface area contributed by atoms with Crippen molar-refractivity contribution in [3.05, 3.63) is 23.8 Å². The van der Waals surface area contributed by atoms with Crippen molar-refractivity contribution >= 4 is 30.0 Å². The summed E-state index contributed by atoms with van der Waals surface area (Å²) in [6.07, 6.45) is -1.56. The maximum absolute atomic E-state index is 12.5. The van der Waals surface area contributed by atoms with Gasteiger partial charge in [-0.15, -0.1) is 12.4 Å². The first-order valence-electron chi connectivity index (χ1n) is 8.71. The number of piperidine rings is 1. The fourth-order valence-electron chi connectivity index (χ4n) is 2.87. The molecule has 0 radical (unpaired) electrons. The van der Waals surface area contributed by atoms with Crippen molar-refractivity contribution in [1.29, 1.82) is 0 Å². The number of rotatable bonds is 7. The fourth-order valence-corrected chi connectivity index (χ4v) is 2.87. The number of alkyl halides is 3. The second-order valence-electron chi connectivity index (χ2n) is 6.39. The van der Waals surface area contributed by atoms with E-state index in [2.05, 4.69) is 15.4 Å². The molecule has 1 heterocycles. The zero-order chi connectivity index (χ0) is 19.9. The normalized spacial score (nSPS) is 14.7. The molecule has 28 heavy (non-hydrogen) atoms. The summed E-state index contributed by atoms with van der Waals surface area (Å²) in [5, 5.41) is 5.82. The number of hydrogen-bond acceptors (Lipinski definition) is 5. The minimum absolute atomic E-state index is 0. The van der Waals surface area contributed by atoms with Gasteiger partial charge < -0.3 is 20.1 Å². The lowest BCUT2D eigenvalue weighted by Gasteiger charge is -2.22. The molecule has 2 N–H and O–H groups in total. The third-order valence-electron chi connectivity index (χ3n) is 4.31. The Labute approximate surface area is 167 Å². The maximum Gasteiger partial charge on any atom is 0.422 e. The summed E-state index contributed by atoms with van der Waals surface area (Å²) in [6.45, 7) is 0.322. The van der Waals surface area contributed by atoms with Crippen molar-refractivity contribution in [3.63, 3.8) is 0 Å². The minimum atomic E-state index is -4.54. The van der Waals surface area contributed by atoms with Gasteiger partial charge in [-0.25, -0.2) is 4.79 Å². The van der Waals surface area contributed by atoms with E-state index in [9.17, 15) is 22.8 Å². The molecule has 1 aliphatic heterocycles. The fraction of sp³-hybridized carbons (Fsp3) is 0.556. The molecular formula is C18H24ClF3N2O4. The third-order valence-corrected chi connectivity index (χ3v) is 4.31. The molecule has 0 atom stereocenters. The molecule has 1 saturated heterocycles. The van der Waals surface area contributed by atoms with Gasteiger partial charge in [-0.2, -0.15) is 13.2 Å². The first-order valence-corrected chi connectivity index (χ1v) is 8.71. The van der Waals surface area contributed by atoms with Crippen LogP contribution in [0.3, 0.4) is 0 Å². The van der Waals surface area contributed by atoms with E-state index in [0.29, 0.717) is 12.3 Å². The largest absolute Gasteiger partial charge is 0.482 e. The number of benzene rings is 1. The van der Waals surface area contributed by atoms with Gasteiger partial charge in [-0.05, 0) is 56.5 Å². The van der Waals surface area contributed by atoms with E-state index in [1.165, 1.54) is 12.1 Å². The molecule has 1 aromatic rings. The quantitative estimate of drug-likeness (QED) is 0.654. The van der Waals surface area contributed by atoms with Crippen LogP contribution >= 0.6 is 12.4 Å². The van der Waals surface area contributed by atoms with Crippen molar-refractivity contribution < 1.29 is 32.2 Å². The Bertz CT molecular complexity index is 665. The maximum atomic E-state index is 12.5. The molecule has 0 spiro atoms. The molecule has 0 saturated carbocycles. The predicted octanol–water partition coefficient (Wildman–Crippen LogP) is 3.55. The molecule has 1 aliphatic rings.